The maximum Gasteiger partial charge on any atom is 0.416 e. The highest BCUT2D eigenvalue weighted by Gasteiger charge is 2.34. The average Bonchev–Trinajstić information content (AvgIpc) is 2.65. The lowest BCUT2D eigenvalue weighted by Gasteiger charge is -2.33. The van der Waals surface area contributed by atoms with Gasteiger partial charge in [-0.2, -0.15) is 30.6 Å². The molecule has 0 saturated carbocycles. The van der Waals surface area contributed by atoms with E-state index in [1.54, 1.807) is 5.32 Å². The topological polar surface area (TPSA) is 98.8 Å². The van der Waals surface area contributed by atoms with Gasteiger partial charge in [0.1, 0.15) is 6.54 Å². The number of piperazine rings is 1. The molecule has 0 aliphatic carbocycles. The third-order valence-electron chi connectivity index (χ3n) is 4.20. The lowest BCUT2D eigenvalue weighted by atomic mass is 10.2. The highest BCUT2D eigenvalue weighted by molar-refractivity contribution is 7.89. The first-order chi connectivity index (χ1) is 14.2. The van der Waals surface area contributed by atoms with Crippen molar-refractivity contribution in [3.05, 3.63) is 29.8 Å². The number of imide groups is 1. The van der Waals surface area contributed by atoms with Gasteiger partial charge < -0.3 is 5.32 Å². The van der Waals surface area contributed by atoms with Crippen molar-refractivity contribution in [1.29, 1.82) is 0 Å². The second kappa shape index (κ2) is 9.40. The smallest absolute Gasteiger partial charge is 0.329 e. The Hall–Kier alpha value is -2.39. The predicted octanol–water partition coefficient (Wildman–Crippen LogP) is 1.40. The first-order valence-electron chi connectivity index (χ1n) is 8.73. The maximum atomic E-state index is 12.8. The number of hydrogen-bond donors (Lipinski definition) is 2. The van der Waals surface area contributed by atoms with E-state index in [9.17, 15) is 44.3 Å². The van der Waals surface area contributed by atoms with E-state index in [-0.39, 0.29) is 32.7 Å². The summed E-state index contributed by atoms with van der Waals surface area (Å²) >= 11 is 0. The van der Waals surface area contributed by atoms with Crippen LogP contribution in [0.1, 0.15) is 5.56 Å². The number of urea groups is 1. The predicted molar refractivity (Wildman–Crippen MR) is 94.2 cm³/mol. The molecule has 0 spiro atoms. The molecule has 0 unspecified atom stereocenters. The van der Waals surface area contributed by atoms with Gasteiger partial charge in [-0.15, -0.1) is 0 Å². The molecule has 1 fully saturated rings. The highest BCUT2D eigenvalue weighted by atomic mass is 32.2. The Kier molecular flexibility index (Phi) is 7.54. The van der Waals surface area contributed by atoms with Gasteiger partial charge in [0.05, 0.1) is 17.0 Å². The molecule has 1 aliphatic rings. The summed E-state index contributed by atoms with van der Waals surface area (Å²) in [5.74, 6) is -0.895. The van der Waals surface area contributed by atoms with Gasteiger partial charge in [0.25, 0.3) is 0 Å². The Morgan fingerprint density at radius 1 is 1.00 bits per heavy atom. The number of carbonyl (C=O) groups excluding carboxylic acids is 2. The van der Waals surface area contributed by atoms with E-state index in [0.29, 0.717) is 6.07 Å². The SMILES string of the molecule is O=C(CN1CCN(S(=O)(=O)c2cccc(C(F)(F)F)c2)CC1)NC(=O)NCC(F)(F)F. The first kappa shape index (κ1) is 24.9. The van der Waals surface area contributed by atoms with Crippen molar-refractivity contribution in [2.45, 2.75) is 17.2 Å². The van der Waals surface area contributed by atoms with E-state index in [1.165, 1.54) is 10.2 Å². The fraction of sp³-hybridized carbons (Fsp3) is 0.500. The number of hydrogen-bond acceptors (Lipinski definition) is 5. The van der Waals surface area contributed by atoms with Crippen LogP contribution in [0.5, 0.6) is 0 Å². The van der Waals surface area contributed by atoms with Gasteiger partial charge >= 0.3 is 18.4 Å². The Morgan fingerprint density at radius 2 is 1.61 bits per heavy atom. The molecular formula is C16H18F6N4O4S. The number of sulfonamides is 1. The van der Waals surface area contributed by atoms with E-state index in [4.69, 9.17) is 0 Å². The zero-order valence-corrected chi connectivity index (χ0v) is 16.6. The summed E-state index contributed by atoms with van der Waals surface area (Å²) in [7, 11) is -4.20. The van der Waals surface area contributed by atoms with Gasteiger partial charge in [0.2, 0.25) is 15.9 Å². The van der Waals surface area contributed by atoms with Gasteiger partial charge in [-0.05, 0) is 18.2 Å². The quantitative estimate of drug-likeness (QED) is 0.627. The minimum atomic E-state index is -4.70. The fourth-order valence-corrected chi connectivity index (χ4v) is 4.17. The van der Waals surface area contributed by atoms with E-state index in [0.717, 1.165) is 22.5 Å². The minimum absolute atomic E-state index is 0.0236. The van der Waals surface area contributed by atoms with Crippen LogP contribution in [-0.2, 0) is 21.0 Å². The van der Waals surface area contributed by atoms with Crippen LogP contribution in [0.25, 0.3) is 0 Å². The number of nitrogens with zero attached hydrogens (tertiary/aromatic N) is 2. The molecular weight excluding hydrogens is 458 g/mol. The Bertz CT molecular complexity index is 911. The van der Waals surface area contributed by atoms with Gasteiger partial charge in [-0.3, -0.25) is 15.0 Å². The standard InChI is InChI=1S/C16H18F6N4O4S/c17-15(18,19)10-23-14(28)24-13(27)9-25-4-6-26(7-5-25)31(29,30)12-3-1-2-11(8-12)16(20,21)22/h1-3,8H,4-7,9-10H2,(H2,23,24,27,28). The lowest BCUT2D eigenvalue weighted by molar-refractivity contribution is -0.137. The van der Waals surface area contributed by atoms with Crippen molar-refractivity contribution in [1.82, 2.24) is 19.8 Å². The van der Waals surface area contributed by atoms with E-state index in [2.05, 4.69) is 0 Å². The van der Waals surface area contributed by atoms with Crippen molar-refractivity contribution in [3.8, 4) is 0 Å². The molecule has 2 rings (SSSR count). The molecule has 1 heterocycles. The van der Waals surface area contributed by atoms with Crippen molar-refractivity contribution in [2.24, 2.45) is 0 Å². The summed E-state index contributed by atoms with van der Waals surface area (Å²) in [4.78, 5) is 23.9. The summed E-state index contributed by atoms with van der Waals surface area (Å²) in [5, 5.41) is 3.19. The molecule has 0 radical (unpaired) electrons. The molecule has 1 aromatic carbocycles. The molecule has 8 nitrogen and oxygen atoms in total. The summed E-state index contributed by atoms with van der Waals surface area (Å²) in [5.41, 5.74) is -1.10. The Balaban J connectivity index is 1.89. The number of halogens is 6. The number of rotatable bonds is 5. The third-order valence-corrected chi connectivity index (χ3v) is 6.09. The molecule has 1 aliphatic heterocycles. The normalized spacial score (nSPS) is 16.7. The molecule has 1 saturated heterocycles. The van der Waals surface area contributed by atoms with Crippen molar-refractivity contribution in [2.75, 3.05) is 39.3 Å². The molecule has 174 valence electrons. The maximum absolute atomic E-state index is 12.8. The van der Waals surface area contributed by atoms with E-state index in [1.807, 2.05) is 0 Å². The van der Waals surface area contributed by atoms with Gasteiger partial charge in [-0.25, -0.2) is 13.2 Å². The average molecular weight is 476 g/mol. The fourth-order valence-electron chi connectivity index (χ4n) is 2.70. The number of alkyl halides is 6. The van der Waals surface area contributed by atoms with Crippen LogP contribution < -0.4 is 10.6 Å². The zero-order chi connectivity index (χ0) is 23.4. The van der Waals surface area contributed by atoms with Crippen LogP contribution in [0.3, 0.4) is 0 Å². The molecule has 0 aromatic heterocycles. The number of amides is 3. The van der Waals surface area contributed by atoms with E-state index >= 15 is 0 Å². The molecule has 0 atom stereocenters. The second-order valence-corrected chi connectivity index (χ2v) is 8.49. The first-order valence-corrected chi connectivity index (χ1v) is 10.2. The number of nitrogens with one attached hydrogen (secondary N) is 2. The molecule has 3 amide bonds. The largest absolute Gasteiger partial charge is 0.416 e. The molecule has 15 heteroatoms. The Morgan fingerprint density at radius 3 is 2.16 bits per heavy atom. The molecule has 31 heavy (non-hydrogen) atoms. The summed E-state index contributed by atoms with van der Waals surface area (Å²) in [6.07, 6.45) is -9.34. The third kappa shape index (κ3) is 7.36. The molecule has 2 N–H and O–H groups in total. The van der Waals surface area contributed by atoms with Crippen molar-refractivity contribution >= 4 is 22.0 Å². The van der Waals surface area contributed by atoms with Crippen molar-refractivity contribution in [3.63, 3.8) is 0 Å². The molecule has 1 aromatic rings. The van der Waals surface area contributed by atoms with Crippen LogP contribution in [0.4, 0.5) is 31.1 Å². The number of carbonyl (C=O) groups is 2. The highest BCUT2D eigenvalue weighted by Crippen LogP contribution is 2.31. The summed E-state index contributed by atoms with van der Waals surface area (Å²) in [6, 6.07) is 1.99. The van der Waals surface area contributed by atoms with Gasteiger partial charge in [0, 0.05) is 26.2 Å². The van der Waals surface area contributed by atoms with Crippen LogP contribution >= 0.6 is 0 Å². The summed E-state index contributed by atoms with van der Waals surface area (Å²) < 4.78 is 101. The van der Waals surface area contributed by atoms with Crippen LogP contribution in [0.15, 0.2) is 29.2 Å². The minimum Gasteiger partial charge on any atom is -0.329 e. The summed E-state index contributed by atoms with van der Waals surface area (Å²) in [6.45, 7) is -2.21. The van der Waals surface area contributed by atoms with Crippen LogP contribution in [0, 0.1) is 0 Å². The van der Waals surface area contributed by atoms with Gasteiger partial charge in [-0.1, -0.05) is 6.07 Å². The van der Waals surface area contributed by atoms with E-state index < -0.39 is 51.3 Å². The van der Waals surface area contributed by atoms with Gasteiger partial charge in [0.15, 0.2) is 0 Å². The lowest BCUT2D eigenvalue weighted by Crippen LogP contribution is -2.52. The molecule has 0 bridgehead atoms. The monoisotopic (exact) mass is 476 g/mol. The second-order valence-electron chi connectivity index (χ2n) is 6.55. The zero-order valence-electron chi connectivity index (χ0n) is 15.8. The van der Waals surface area contributed by atoms with Crippen LogP contribution in [-0.4, -0.2) is 75.0 Å². The Labute approximate surface area is 173 Å². The van der Waals surface area contributed by atoms with Crippen molar-refractivity contribution < 1.29 is 44.3 Å². The van der Waals surface area contributed by atoms with Crippen LogP contribution in [0.2, 0.25) is 0 Å². The number of benzene rings is 1.